The van der Waals surface area contributed by atoms with Gasteiger partial charge in [-0.15, -0.1) is 11.3 Å². The molecule has 0 amide bonds. The zero-order chi connectivity index (χ0) is 13.7. The summed E-state index contributed by atoms with van der Waals surface area (Å²) in [6, 6.07) is 0. The fraction of sp³-hybridized carbons (Fsp3) is 0.714. The SMILES string of the molecule is CCC(CC)c1nc(C(C)C)c(CCC(=O)O)s1. The van der Waals surface area contributed by atoms with E-state index in [9.17, 15) is 4.79 Å². The molecule has 0 spiro atoms. The van der Waals surface area contributed by atoms with Gasteiger partial charge in [0.25, 0.3) is 0 Å². The fourth-order valence-electron chi connectivity index (χ4n) is 2.05. The van der Waals surface area contributed by atoms with Gasteiger partial charge in [-0.05, 0) is 25.2 Å². The van der Waals surface area contributed by atoms with Crippen LogP contribution in [-0.2, 0) is 11.2 Å². The lowest BCUT2D eigenvalue weighted by Crippen LogP contribution is -2.00. The van der Waals surface area contributed by atoms with E-state index in [0.29, 0.717) is 18.3 Å². The third-order valence-electron chi connectivity index (χ3n) is 3.19. The number of carboxylic acids is 1. The zero-order valence-electron chi connectivity index (χ0n) is 11.7. The smallest absolute Gasteiger partial charge is 0.303 e. The Hall–Kier alpha value is -0.900. The molecule has 3 nitrogen and oxygen atoms in total. The highest BCUT2D eigenvalue weighted by molar-refractivity contribution is 7.11. The molecule has 102 valence electrons. The Bertz CT molecular complexity index is 394. The highest BCUT2D eigenvalue weighted by Crippen LogP contribution is 2.33. The number of aryl methyl sites for hydroxylation is 1. The lowest BCUT2D eigenvalue weighted by atomic mass is 10.0. The van der Waals surface area contributed by atoms with E-state index in [1.54, 1.807) is 11.3 Å². The molecule has 1 heterocycles. The van der Waals surface area contributed by atoms with Crippen LogP contribution in [0.4, 0.5) is 0 Å². The van der Waals surface area contributed by atoms with Crippen LogP contribution in [0.3, 0.4) is 0 Å². The van der Waals surface area contributed by atoms with E-state index in [0.717, 1.165) is 23.4 Å². The molecule has 1 aromatic rings. The molecule has 0 aromatic carbocycles. The van der Waals surface area contributed by atoms with E-state index < -0.39 is 5.97 Å². The van der Waals surface area contributed by atoms with Crippen LogP contribution >= 0.6 is 11.3 Å². The van der Waals surface area contributed by atoms with Crippen molar-refractivity contribution >= 4 is 17.3 Å². The summed E-state index contributed by atoms with van der Waals surface area (Å²) in [4.78, 5) is 16.6. The number of aromatic nitrogens is 1. The van der Waals surface area contributed by atoms with Crippen molar-refractivity contribution < 1.29 is 9.90 Å². The Morgan fingerprint density at radius 1 is 1.33 bits per heavy atom. The van der Waals surface area contributed by atoms with Crippen LogP contribution in [0, 0.1) is 0 Å². The largest absolute Gasteiger partial charge is 0.481 e. The lowest BCUT2D eigenvalue weighted by molar-refractivity contribution is -0.136. The Balaban J connectivity index is 2.96. The topological polar surface area (TPSA) is 50.2 Å². The minimum Gasteiger partial charge on any atom is -0.481 e. The third kappa shape index (κ3) is 3.80. The summed E-state index contributed by atoms with van der Waals surface area (Å²) in [5.41, 5.74) is 1.10. The molecule has 18 heavy (non-hydrogen) atoms. The van der Waals surface area contributed by atoms with E-state index in [2.05, 4.69) is 27.7 Å². The molecular formula is C14H23NO2S. The van der Waals surface area contributed by atoms with Gasteiger partial charge in [0.2, 0.25) is 0 Å². The van der Waals surface area contributed by atoms with Crippen LogP contribution in [0.15, 0.2) is 0 Å². The summed E-state index contributed by atoms with van der Waals surface area (Å²) in [6.07, 6.45) is 3.00. The van der Waals surface area contributed by atoms with Crippen LogP contribution < -0.4 is 0 Å². The van der Waals surface area contributed by atoms with Crippen molar-refractivity contribution in [2.24, 2.45) is 0 Å². The Kier molecular flexibility index (Phi) is 5.79. The second-order valence-electron chi connectivity index (χ2n) is 4.92. The quantitative estimate of drug-likeness (QED) is 0.807. The van der Waals surface area contributed by atoms with Crippen LogP contribution in [0.2, 0.25) is 0 Å². The maximum absolute atomic E-state index is 10.7. The van der Waals surface area contributed by atoms with Gasteiger partial charge in [0.05, 0.1) is 17.1 Å². The zero-order valence-corrected chi connectivity index (χ0v) is 12.5. The maximum Gasteiger partial charge on any atom is 0.303 e. The van der Waals surface area contributed by atoms with Gasteiger partial charge in [-0.25, -0.2) is 4.98 Å². The van der Waals surface area contributed by atoms with E-state index >= 15 is 0 Å². The predicted molar refractivity (Wildman–Crippen MR) is 75.5 cm³/mol. The number of hydrogen-bond acceptors (Lipinski definition) is 3. The van der Waals surface area contributed by atoms with Crippen molar-refractivity contribution in [1.82, 2.24) is 4.98 Å². The second-order valence-corrected chi connectivity index (χ2v) is 6.04. The Morgan fingerprint density at radius 3 is 2.39 bits per heavy atom. The van der Waals surface area contributed by atoms with Crippen molar-refractivity contribution in [2.45, 2.75) is 65.2 Å². The molecule has 0 aliphatic carbocycles. The summed E-state index contributed by atoms with van der Waals surface area (Å²) in [5, 5.41) is 9.98. The maximum atomic E-state index is 10.7. The molecule has 1 aromatic heterocycles. The first kappa shape index (κ1) is 15.2. The van der Waals surface area contributed by atoms with Crippen LogP contribution in [0.5, 0.6) is 0 Å². The summed E-state index contributed by atoms with van der Waals surface area (Å²) >= 11 is 1.71. The number of hydrogen-bond donors (Lipinski definition) is 1. The number of rotatable bonds is 7. The van der Waals surface area contributed by atoms with Gasteiger partial charge in [0, 0.05) is 10.8 Å². The average Bonchev–Trinajstić information content (AvgIpc) is 2.72. The van der Waals surface area contributed by atoms with Crippen molar-refractivity contribution in [3.05, 3.63) is 15.6 Å². The Morgan fingerprint density at radius 2 is 1.94 bits per heavy atom. The normalized spacial score (nSPS) is 11.4. The van der Waals surface area contributed by atoms with E-state index in [4.69, 9.17) is 10.1 Å². The molecular weight excluding hydrogens is 246 g/mol. The van der Waals surface area contributed by atoms with Crippen LogP contribution in [0.1, 0.15) is 74.4 Å². The lowest BCUT2D eigenvalue weighted by Gasteiger charge is -2.07. The minimum atomic E-state index is -0.734. The number of carboxylic acid groups (broad SMARTS) is 1. The minimum absolute atomic E-state index is 0.199. The second kappa shape index (κ2) is 6.88. The molecule has 4 heteroatoms. The van der Waals surface area contributed by atoms with Gasteiger partial charge >= 0.3 is 5.97 Å². The molecule has 0 aliphatic rings. The number of aliphatic carboxylic acids is 1. The summed E-state index contributed by atoms with van der Waals surface area (Å²) < 4.78 is 0. The van der Waals surface area contributed by atoms with Gasteiger partial charge < -0.3 is 5.11 Å². The molecule has 0 saturated carbocycles. The standard InChI is InChI=1S/C14H23NO2S/c1-5-10(6-2)14-15-13(9(3)4)11(18-14)7-8-12(16)17/h9-10H,5-8H2,1-4H3,(H,16,17). The fourth-order valence-corrected chi connectivity index (χ4v) is 3.53. The van der Waals surface area contributed by atoms with E-state index in [-0.39, 0.29) is 6.42 Å². The molecule has 0 atom stereocenters. The van der Waals surface area contributed by atoms with E-state index in [1.165, 1.54) is 5.01 Å². The molecule has 0 saturated heterocycles. The first-order chi connectivity index (χ1) is 8.49. The van der Waals surface area contributed by atoms with Gasteiger partial charge in [-0.2, -0.15) is 0 Å². The molecule has 0 unspecified atom stereocenters. The number of carbonyl (C=O) groups is 1. The number of thiazole rings is 1. The molecule has 0 fully saturated rings. The molecule has 0 radical (unpaired) electrons. The average molecular weight is 269 g/mol. The van der Waals surface area contributed by atoms with Gasteiger partial charge in [-0.3, -0.25) is 4.79 Å². The van der Waals surface area contributed by atoms with Gasteiger partial charge in [-0.1, -0.05) is 27.7 Å². The van der Waals surface area contributed by atoms with Crippen molar-refractivity contribution in [3.63, 3.8) is 0 Å². The van der Waals surface area contributed by atoms with Crippen molar-refractivity contribution in [3.8, 4) is 0 Å². The first-order valence-electron chi connectivity index (χ1n) is 6.70. The van der Waals surface area contributed by atoms with Crippen LogP contribution in [0.25, 0.3) is 0 Å². The molecule has 1 N–H and O–H groups in total. The third-order valence-corrected chi connectivity index (χ3v) is 4.49. The molecule has 0 bridgehead atoms. The van der Waals surface area contributed by atoms with Gasteiger partial charge in [0.1, 0.15) is 0 Å². The summed E-state index contributed by atoms with van der Waals surface area (Å²) in [5.74, 6) is 0.154. The summed E-state index contributed by atoms with van der Waals surface area (Å²) in [6.45, 7) is 8.61. The predicted octanol–water partition coefficient (Wildman–Crippen LogP) is 4.19. The number of nitrogens with zero attached hydrogens (tertiary/aromatic N) is 1. The van der Waals surface area contributed by atoms with Crippen LogP contribution in [-0.4, -0.2) is 16.1 Å². The highest BCUT2D eigenvalue weighted by atomic mass is 32.1. The Labute approximate surface area is 113 Å². The van der Waals surface area contributed by atoms with E-state index in [1.807, 2.05) is 0 Å². The van der Waals surface area contributed by atoms with Crippen molar-refractivity contribution in [2.75, 3.05) is 0 Å². The summed E-state index contributed by atoms with van der Waals surface area (Å²) in [7, 11) is 0. The highest BCUT2D eigenvalue weighted by Gasteiger charge is 2.18. The monoisotopic (exact) mass is 269 g/mol. The van der Waals surface area contributed by atoms with Crippen molar-refractivity contribution in [1.29, 1.82) is 0 Å². The first-order valence-corrected chi connectivity index (χ1v) is 7.52. The molecule has 1 rings (SSSR count). The molecule has 0 aliphatic heterocycles. The van der Waals surface area contributed by atoms with Gasteiger partial charge in [0.15, 0.2) is 0 Å².